The molecule has 0 saturated carbocycles. The van der Waals surface area contributed by atoms with Crippen LogP contribution in [0, 0.1) is 0 Å². The van der Waals surface area contributed by atoms with Crippen molar-refractivity contribution in [3.8, 4) is 5.75 Å². The van der Waals surface area contributed by atoms with Crippen LogP contribution in [0.3, 0.4) is 0 Å². The molecular formula is C24H26N4O3. The highest BCUT2D eigenvalue weighted by atomic mass is 16.5. The summed E-state index contributed by atoms with van der Waals surface area (Å²) in [4.78, 5) is 28.6. The van der Waals surface area contributed by atoms with Crippen LogP contribution >= 0.6 is 0 Å². The number of nitrogens with zero attached hydrogens (tertiary/aromatic N) is 1. The molecule has 0 spiro atoms. The maximum absolute atomic E-state index is 12.6. The number of aromatic nitrogens is 1. The molecule has 0 unspecified atom stereocenters. The SMILES string of the molecule is CC(C)NC(=O)Nc1cccc(C(=O)NCc2cccc(OCc3ccccn3)c2)c1. The van der Waals surface area contributed by atoms with Crippen molar-refractivity contribution in [1.29, 1.82) is 0 Å². The molecule has 0 fully saturated rings. The molecule has 3 rings (SSSR count). The molecule has 3 amide bonds. The van der Waals surface area contributed by atoms with E-state index >= 15 is 0 Å². The van der Waals surface area contributed by atoms with Gasteiger partial charge in [0.2, 0.25) is 0 Å². The van der Waals surface area contributed by atoms with Gasteiger partial charge in [0.05, 0.1) is 5.69 Å². The Morgan fingerprint density at radius 3 is 2.61 bits per heavy atom. The van der Waals surface area contributed by atoms with Gasteiger partial charge in [-0.25, -0.2) is 4.79 Å². The molecule has 0 aliphatic heterocycles. The molecule has 1 aromatic heterocycles. The van der Waals surface area contributed by atoms with Crippen molar-refractivity contribution in [2.24, 2.45) is 0 Å². The predicted octanol–water partition coefficient (Wildman–Crippen LogP) is 4.12. The minimum absolute atomic E-state index is 0.0233. The second-order valence-electron chi connectivity index (χ2n) is 7.27. The highest BCUT2D eigenvalue weighted by molar-refractivity contribution is 5.96. The van der Waals surface area contributed by atoms with E-state index < -0.39 is 0 Å². The van der Waals surface area contributed by atoms with Crippen molar-refractivity contribution < 1.29 is 14.3 Å². The third-order valence-corrected chi connectivity index (χ3v) is 4.27. The highest BCUT2D eigenvalue weighted by Gasteiger charge is 2.09. The van der Waals surface area contributed by atoms with E-state index in [0.29, 0.717) is 30.2 Å². The average molecular weight is 418 g/mol. The summed E-state index contributed by atoms with van der Waals surface area (Å²) in [5, 5.41) is 8.37. The largest absolute Gasteiger partial charge is 0.487 e. The summed E-state index contributed by atoms with van der Waals surface area (Å²) >= 11 is 0. The number of hydrogen-bond acceptors (Lipinski definition) is 4. The van der Waals surface area contributed by atoms with E-state index in [9.17, 15) is 9.59 Å². The third-order valence-electron chi connectivity index (χ3n) is 4.27. The number of pyridine rings is 1. The Morgan fingerprint density at radius 2 is 1.84 bits per heavy atom. The lowest BCUT2D eigenvalue weighted by Gasteiger charge is -2.11. The number of nitrogens with one attached hydrogen (secondary N) is 3. The quantitative estimate of drug-likeness (QED) is 0.513. The van der Waals surface area contributed by atoms with Gasteiger partial charge in [0.15, 0.2) is 0 Å². The van der Waals surface area contributed by atoms with E-state index in [2.05, 4.69) is 20.9 Å². The zero-order valence-electron chi connectivity index (χ0n) is 17.6. The van der Waals surface area contributed by atoms with Gasteiger partial charge in [-0.2, -0.15) is 0 Å². The number of hydrogen-bond donors (Lipinski definition) is 3. The summed E-state index contributed by atoms with van der Waals surface area (Å²) in [7, 11) is 0. The summed E-state index contributed by atoms with van der Waals surface area (Å²) in [6, 6.07) is 19.8. The first kappa shape index (κ1) is 21.8. The molecule has 1 heterocycles. The summed E-state index contributed by atoms with van der Waals surface area (Å²) in [6.45, 7) is 4.48. The fourth-order valence-electron chi connectivity index (χ4n) is 2.84. The molecular weight excluding hydrogens is 392 g/mol. The van der Waals surface area contributed by atoms with Gasteiger partial charge in [-0.05, 0) is 61.9 Å². The molecule has 0 atom stereocenters. The molecule has 160 valence electrons. The van der Waals surface area contributed by atoms with Crippen molar-refractivity contribution in [3.05, 3.63) is 89.7 Å². The van der Waals surface area contributed by atoms with Crippen molar-refractivity contribution in [2.75, 3.05) is 5.32 Å². The molecule has 7 heteroatoms. The molecule has 2 aromatic carbocycles. The van der Waals surface area contributed by atoms with Crippen LogP contribution in [0.15, 0.2) is 72.9 Å². The molecule has 0 saturated heterocycles. The third kappa shape index (κ3) is 7.15. The topological polar surface area (TPSA) is 92.4 Å². The summed E-state index contributed by atoms with van der Waals surface area (Å²) in [5.41, 5.74) is 2.77. The predicted molar refractivity (Wildman–Crippen MR) is 120 cm³/mol. The second kappa shape index (κ2) is 10.8. The monoisotopic (exact) mass is 418 g/mol. The van der Waals surface area contributed by atoms with Crippen molar-refractivity contribution in [3.63, 3.8) is 0 Å². The average Bonchev–Trinajstić information content (AvgIpc) is 2.76. The molecule has 0 aliphatic rings. The van der Waals surface area contributed by atoms with Gasteiger partial charge in [-0.1, -0.05) is 24.3 Å². The van der Waals surface area contributed by atoms with Gasteiger partial charge >= 0.3 is 6.03 Å². The molecule has 0 bridgehead atoms. The molecule has 0 radical (unpaired) electrons. The summed E-state index contributed by atoms with van der Waals surface area (Å²) in [5.74, 6) is 0.479. The van der Waals surface area contributed by atoms with Crippen LogP contribution in [-0.4, -0.2) is 23.0 Å². The zero-order chi connectivity index (χ0) is 22.1. The first-order valence-corrected chi connectivity index (χ1v) is 10.1. The van der Waals surface area contributed by atoms with Gasteiger partial charge in [-0.3, -0.25) is 9.78 Å². The van der Waals surface area contributed by atoms with Crippen LogP contribution in [-0.2, 0) is 13.2 Å². The standard InChI is InChI=1S/C24H26N4O3/c1-17(2)27-24(30)28-20-10-6-8-19(14-20)23(29)26-15-18-7-5-11-22(13-18)31-16-21-9-3-4-12-25-21/h3-14,17H,15-16H2,1-2H3,(H,26,29)(H2,27,28,30). The van der Waals surface area contributed by atoms with Gasteiger partial charge in [0.1, 0.15) is 12.4 Å². The lowest BCUT2D eigenvalue weighted by atomic mass is 10.1. The molecule has 0 aliphatic carbocycles. The van der Waals surface area contributed by atoms with E-state index in [-0.39, 0.29) is 18.0 Å². The zero-order valence-corrected chi connectivity index (χ0v) is 17.6. The van der Waals surface area contributed by atoms with Crippen LogP contribution in [0.5, 0.6) is 5.75 Å². The fourth-order valence-corrected chi connectivity index (χ4v) is 2.84. The number of rotatable bonds is 8. The Bertz CT molecular complexity index is 1020. The lowest BCUT2D eigenvalue weighted by molar-refractivity contribution is 0.0951. The van der Waals surface area contributed by atoms with Crippen molar-refractivity contribution in [2.45, 2.75) is 33.0 Å². The maximum atomic E-state index is 12.6. The fraction of sp³-hybridized carbons (Fsp3) is 0.208. The minimum atomic E-state index is -0.310. The number of urea groups is 1. The molecule has 3 N–H and O–H groups in total. The Morgan fingerprint density at radius 1 is 1.00 bits per heavy atom. The second-order valence-corrected chi connectivity index (χ2v) is 7.27. The van der Waals surface area contributed by atoms with E-state index in [1.807, 2.05) is 56.3 Å². The summed E-state index contributed by atoms with van der Waals surface area (Å²) in [6.07, 6.45) is 1.73. The maximum Gasteiger partial charge on any atom is 0.319 e. The van der Waals surface area contributed by atoms with E-state index in [1.54, 1.807) is 30.5 Å². The number of ether oxygens (including phenoxy) is 1. The van der Waals surface area contributed by atoms with Crippen LogP contribution in [0.4, 0.5) is 10.5 Å². The van der Waals surface area contributed by atoms with Crippen LogP contribution in [0.25, 0.3) is 0 Å². The number of amides is 3. The van der Waals surface area contributed by atoms with Crippen molar-refractivity contribution >= 4 is 17.6 Å². The molecule has 31 heavy (non-hydrogen) atoms. The molecule has 7 nitrogen and oxygen atoms in total. The van der Waals surface area contributed by atoms with E-state index in [4.69, 9.17) is 4.74 Å². The lowest BCUT2D eigenvalue weighted by Crippen LogP contribution is -2.34. The molecule has 3 aromatic rings. The Hall–Kier alpha value is -3.87. The Kier molecular flexibility index (Phi) is 7.59. The van der Waals surface area contributed by atoms with E-state index in [1.165, 1.54) is 0 Å². The Labute approximate surface area is 181 Å². The number of benzene rings is 2. The highest BCUT2D eigenvalue weighted by Crippen LogP contribution is 2.15. The first-order chi connectivity index (χ1) is 15.0. The van der Waals surface area contributed by atoms with Gasteiger partial charge < -0.3 is 20.7 Å². The number of carbonyl (C=O) groups is 2. The van der Waals surface area contributed by atoms with Crippen LogP contribution in [0.2, 0.25) is 0 Å². The Balaban J connectivity index is 1.54. The van der Waals surface area contributed by atoms with Crippen LogP contribution < -0.4 is 20.7 Å². The number of carbonyl (C=O) groups excluding carboxylic acids is 2. The smallest absolute Gasteiger partial charge is 0.319 e. The van der Waals surface area contributed by atoms with Crippen LogP contribution in [0.1, 0.15) is 35.5 Å². The van der Waals surface area contributed by atoms with E-state index in [0.717, 1.165) is 11.3 Å². The van der Waals surface area contributed by atoms with Gasteiger partial charge in [0, 0.05) is 30.0 Å². The first-order valence-electron chi connectivity index (χ1n) is 10.1. The number of anilines is 1. The van der Waals surface area contributed by atoms with Gasteiger partial charge in [-0.15, -0.1) is 0 Å². The van der Waals surface area contributed by atoms with Crippen molar-refractivity contribution in [1.82, 2.24) is 15.6 Å². The summed E-state index contributed by atoms with van der Waals surface area (Å²) < 4.78 is 5.78. The van der Waals surface area contributed by atoms with Gasteiger partial charge in [0.25, 0.3) is 5.91 Å². The normalized spacial score (nSPS) is 10.4. The minimum Gasteiger partial charge on any atom is -0.487 e.